The third kappa shape index (κ3) is 2.59. The molecule has 0 radical (unpaired) electrons. The second kappa shape index (κ2) is 5.84. The van der Waals surface area contributed by atoms with E-state index >= 15 is 0 Å². The summed E-state index contributed by atoms with van der Waals surface area (Å²) < 4.78 is 11.8. The molecule has 136 valence electrons. The molecule has 1 aromatic rings. The number of benzene rings is 1. The van der Waals surface area contributed by atoms with Gasteiger partial charge in [0, 0.05) is 6.20 Å². The number of morpholine rings is 1. The predicted octanol–water partition coefficient (Wildman–Crippen LogP) is 0.841. The predicted molar refractivity (Wildman–Crippen MR) is 91.8 cm³/mol. The van der Waals surface area contributed by atoms with Crippen LogP contribution in [-0.2, 0) is 20.9 Å². The van der Waals surface area contributed by atoms with Crippen molar-refractivity contribution in [3.8, 4) is 0 Å². The second-order valence-corrected chi connectivity index (χ2v) is 7.22. The Kier molecular flexibility index (Phi) is 3.56. The van der Waals surface area contributed by atoms with Gasteiger partial charge in [0.2, 0.25) is 0 Å². The highest BCUT2D eigenvalue weighted by molar-refractivity contribution is 5.95. The van der Waals surface area contributed by atoms with Gasteiger partial charge in [0.15, 0.2) is 11.5 Å². The van der Waals surface area contributed by atoms with E-state index in [1.807, 2.05) is 30.3 Å². The molecule has 2 saturated heterocycles. The Bertz CT molecular complexity index is 787. The standard InChI is InChI=1S/C19H21N3O4/c23-14-6-9-22-16(17(14)25-10-13-4-2-1-3-5-13)18(24)21-12-19(7-8-19)26-11-15(21)20-22/h1-6,9,14-15,20,23H,7-8,10-12H2. The zero-order valence-corrected chi connectivity index (χ0v) is 14.3. The molecule has 2 atom stereocenters. The molecule has 0 aromatic heterocycles. The normalized spacial score (nSPS) is 28.9. The SMILES string of the molecule is O=C1C2=C(OCc3ccccc3)C(O)C=CN2NC2COC3(CC3)CN12. The van der Waals surface area contributed by atoms with Crippen molar-refractivity contribution in [2.45, 2.75) is 37.3 Å². The molecular weight excluding hydrogens is 334 g/mol. The average Bonchev–Trinajstić information content (AvgIpc) is 3.42. The number of nitrogens with one attached hydrogen (secondary N) is 1. The quantitative estimate of drug-likeness (QED) is 0.837. The number of aliphatic hydroxyl groups is 1. The van der Waals surface area contributed by atoms with Crippen molar-refractivity contribution in [2.75, 3.05) is 13.2 Å². The van der Waals surface area contributed by atoms with E-state index in [1.165, 1.54) is 0 Å². The molecule has 7 heteroatoms. The number of carbonyl (C=O) groups excluding carboxylic acids is 1. The maximum Gasteiger partial charge on any atom is 0.277 e. The zero-order valence-electron chi connectivity index (χ0n) is 14.3. The van der Waals surface area contributed by atoms with E-state index in [4.69, 9.17) is 9.47 Å². The number of hydrogen-bond donors (Lipinski definition) is 2. The number of hydrogen-bond acceptors (Lipinski definition) is 6. The van der Waals surface area contributed by atoms with Gasteiger partial charge in [-0.1, -0.05) is 30.3 Å². The van der Waals surface area contributed by atoms with Crippen LogP contribution in [0.1, 0.15) is 18.4 Å². The molecule has 3 heterocycles. The lowest BCUT2D eigenvalue weighted by molar-refractivity contribution is -0.160. The van der Waals surface area contributed by atoms with E-state index in [0.717, 1.165) is 18.4 Å². The topological polar surface area (TPSA) is 74.3 Å². The molecule has 26 heavy (non-hydrogen) atoms. The van der Waals surface area contributed by atoms with E-state index in [2.05, 4.69) is 5.43 Å². The number of rotatable bonds is 3. The molecular formula is C19H21N3O4. The maximum atomic E-state index is 13.2. The highest BCUT2D eigenvalue weighted by Gasteiger charge is 2.54. The van der Waals surface area contributed by atoms with Crippen LogP contribution in [0.4, 0.5) is 0 Å². The summed E-state index contributed by atoms with van der Waals surface area (Å²) >= 11 is 0. The molecule has 3 aliphatic heterocycles. The van der Waals surface area contributed by atoms with Crippen molar-refractivity contribution >= 4 is 5.91 Å². The monoisotopic (exact) mass is 355 g/mol. The molecule has 3 fully saturated rings. The second-order valence-electron chi connectivity index (χ2n) is 7.22. The minimum Gasteiger partial charge on any atom is -0.488 e. The molecule has 1 aliphatic carbocycles. The Morgan fingerprint density at radius 3 is 2.88 bits per heavy atom. The third-order valence-corrected chi connectivity index (χ3v) is 5.34. The highest BCUT2D eigenvalue weighted by Crippen LogP contribution is 2.44. The van der Waals surface area contributed by atoms with Crippen LogP contribution in [0, 0.1) is 0 Å². The van der Waals surface area contributed by atoms with Crippen LogP contribution in [0.3, 0.4) is 0 Å². The van der Waals surface area contributed by atoms with Crippen LogP contribution < -0.4 is 5.43 Å². The minimum absolute atomic E-state index is 0.130. The lowest BCUT2D eigenvalue weighted by atomic mass is 10.1. The number of amides is 1. The van der Waals surface area contributed by atoms with Gasteiger partial charge in [-0.15, -0.1) is 0 Å². The number of hydrazine groups is 1. The minimum atomic E-state index is -0.941. The summed E-state index contributed by atoms with van der Waals surface area (Å²) in [6.45, 7) is 1.33. The average molecular weight is 355 g/mol. The number of aliphatic hydroxyl groups excluding tert-OH is 1. The third-order valence-electron chi connectivity index (χ3n) is 5.34. The molecule has 0 bridgehead atoms. The van der Waals surface area contributed by atoms with Crippen molar-refractivity contribution in [1.29, 1.82) is 0 Å². The van der Waals surface area contributed by atoms with Crippen molar-refractivity contribution in [2.24, 2.45) is 0 Å². The van der Waals surface area contributed by atoms with Crippen LogP contribution in [0.15, 0.2) is 54.1 Å². The lowest BCUT2D eigenvalue weighted by Crippen LogP contribution is -2.67. The number of nitrogens with zero attached hydrogens (tertiary/aromatic N) is 2. The number of fused-ring (bicyclic) bond motifs is 2. The van der Waals surface area contributed by atoms with Gasteiger partial charge in [-0.3, -0.25) is 9.80 Å². The molecule has 4 aliphatic rings. The van der Waals surface area contributed by atoms with Gasteiger partial charge in [-0.05, 0) is 24.5 Å². The summed E-state index contributed by atoms with van der Waals surface area (Å²) in [5.41, 5.74) is 4.45. The van der Waals surface area contributed by atoms with Crippen LogP contribution in [0.2, 0.25) is 0 Å². The Morgan fingerprint density at radius 1 is 1.31 bits per heavy atom. The Balaban J connectivity index is 1.43. The van der Waals surface area contributed by atoms with E-state index in [1.54, 1.807) is 22.2 Å². The summed E-state index contributed by atoms with van der Waals surface area (Å²) in [5, 5.41) is 12.0. The van der Waals surface area contributed by atoms with E-state index in [-0.39, 0.29) is 23.4 Å². The highest BCUT2D eigenvalue weighted by atomic mass is 16.5. The summed E-state index contributed by atoms with van der Waals surface area (Å²) in [7, 11) is 0. The van der Waals surface area contributed by atoms with Gasteiger partial charge in [0.05, 0.1) is 18.8 Å². The summed E-state index contributed by atoms with van der Waals surface area (Å²) in [6.07, 6.45) is 4.12. The van der Waals surface area contributed by atoms with Gasteiger partial charge in [-0.2, -0.15) is 0 Å². The summed E-state index contributed by atoms with van der Waals surface area (Å²) in [5.74, 6) is 0.151. The molecule has 1 spiro atoms. The first-order chi connectivity index (χ1) is 12.7. The fourth-order valence-electron chi connectivity index (χ4n) is 3.66. The first-order valence-electron chi connectivity index (χ1n) is 8.93. The first-order valence-corrected chi connectivity index (χ1v) is 8.93. The van der Waals surface area contributed by atoms with Crippen LogP contribution in [0.25, 0.3) is 0 Å². The van der Waals surface area contributed by atoms with E-state index < -0.39 is 6.10 Å². The van der Waals surface area contributed by atoms with Crippen LogP contribution >= 0.6 is 0 Å². The molecule has 7 nitrogen and oxygen atoms in total. The molecule has 2 unspecified atom stereocenters. The lowest BCUT2D eigenvalue weighted by Gasteiger charge is -2.48. The maximum absolute atomic E-state index is 13.2. The van der Waals surface area contributed by atoms with Crippen LogP contribution in [-0.4, -0.2) is 51.9 Å². The Morgan fingerprint density at radius 2 is 2.12 bits per heavy atom. The molecule has 5 rings (SSSR count). The first kappa shape index (κ1) is 15.9. The van der Waals surface area contributed by atoms with Gasteiger partial charge in [-0.25, -0.2) is 5.43 Å². The number of carbonyl (C=O) groups is 1. The Hall–Kier alpha value is -2.35. The van der Waals surface area contributed by atoms with Gasteiger partial charge in [0.25, 0.3) is 5.91 Å². The fraction of sp³-hybridized carbons (Fsp3) is 0.421. The van der Waals surface area contributed by atoms with E-state index in [9.17, 15) is 9.90 Å². The molecule has 1 aromatic carbocycles. The smallest absolute Gasteiger partial charge is 0.277 e. The van der Waals surface area contributed by atoms with Crippen LogP contribution in [0.5, 0.6) is 0 Å². The van der Waals surface area contributed by atoms with Gasteiger partial charge < -0.3 is 19.5 Å². The van der Waals surface area contributed by atoms with Crippen molar-refractivity contribution in [1.82, 2.24) is 15.3 Å². The van der Waals surface area contributed by atoms with Crippen molar-refractivity contribution < 1.29 is 19.4 Å². The van der Waals surface area contributed by atoms with Gasteiger partial charge >= 0.3 is 0 Å². The van der Waals surface area contributed by atoms with Crippen molar-refractivity contribution in [3.63, 3.8) is 0 Å². The summed E-state index contributed by atoms with van der Waals surface area (Å²) in [6, 6.07) is 9.70. The molecule has 1 saturated carbocycles. The largest absolute Gasteiger partial charge is 0.488 e. The van der Waals surface area contributed by atoms with Gasteiger partial charge in [0.1, 0.15) is 18.9 Å². The number of ether oxygens (including phenoxy) is 2. The van der Waals surface area contributed by atoms with E-state index in [0.29, 0.717) is 25.5 Å². The fourth-order valence-corrected chi connectivity index (χ4v) is 3.66. The molecule has 2 N–H and O–H groups in total. The Labute approximate surface area is 151 Å². The summed E-state index contributed by atoms with van der Waals surface area (Å²) in [4.78, 5) is 15.0. The zero-order chi connectivity index (χ0) is 17.7. The van der Waals surface area contributed by atoms with Crippen molar-refractivity contribution in [3.05, 3.63) is 59.6 Å². The molecule has 1 amide bonds.